The summed E-state index contributed by atoms with van der Waals surface area (Å²) in [5.74, 6) is -3.61. The lowest BCUT2D eigenvalue weighted by molar-refractivity contribution is -0.131. The number of benzene rings is 1. The van der Waals surface area contributed by atoms with Gasteiger partial charge in [0.25, 0.3) is 5.91 Å². The molecule has 0 aliphatic carbocycles. The molecule has 2 unspecified atom stereocenters. The fraction of sp³-hybridized carbons (Fsp3) is 0.400. The zero-order chi connectivity index (χ0) is 26.3. The summed E-state index contributed by atoms with van der Waals surface area (Å²) in [5.41, 5.74) is 4.56. The monoisotopic (exact) mass is 535 g/mol. The van der Waals surface area contributed by atoms with Crippen LogP contribution < -0.4 is 21.1 Å². The van der Waals surface area contributed by atoms with E-state index in [0.717, 1.165) is 12.1 Å². The maximum atomic E-state index is 13.9. The van der Waals surface area contributed by atoms with E-state index in [1.807, 2.05) is 0 Å². The number of carbonyl (C=O) groups excluding carboxylic acids is 3. The first kappa shape index (κ1) is 28.2. The highest BCUT2D eigenvalue weighted by Crippen LogP contribution is 2.31. The second-order valence-electron chi connectivity index (χ2n) is 7.56. The summed E-state index contributed by atoms with van der Waals surface area (Å²) in [6, 6.07) is 0.949. The fourth-order valence-corrected chi connectivity index (χ4v) is 3.68. The molecule has 1 aromatic carbocycles. The standard InChI is InChI=1S/C20H24ClF2N5O6S/c1-28(2)15(31)6-10(29)5-11(30)7-25-20(33)26-19-16(17(24)32)18(27-35-19)34-8-12-13(22)3-9(21)4-14(12)23/h3-4,10-11,29-30H,5-8H2,1-2H3,(H2,24,32)(H2,25,26,33). The first-order valence-electron chi connectivity index (χ1n) is 10.1. The molecule has 0 fully saturated rings. The molecule has 0 bridgehead atoms. The molecule has 0 saturated heterocycles. The average molecular weight is 536 g/mol. The van der Waals surface area contributed by atoms with E-state index in [0.29, 0.717) is 11.5 Å². The Labute approximate surface area is 208 Å². The van der Waals surface area contributed by atoms with Gasteiger partial charge in [0.2, 0.25) is 11.8 Å². The number of nitrogens with one attached hydrogen (secondary N) is 2. The highest BCUT2D eigenvalue weighted by atomic mass is 35.5. The SMILES string of the molecule is CN(C)C(=O)CC(O)CC(O)CNC(=O)Nc1snc(OCc2c(F)cc(Cl)cc2F)c1C(N)=O. The number of rotatable bonds is 11. The summed E-state index contributed by atoms with van der Waals surface area (Å²) in [6.45, 7) is -0.905. The number of aliphatic hydroxyl groups is 2. The number of aromatic nitrogens is 1. The quantitative estimate of drug-likeness (QED) is 0.290. The Bertz CT molecular complexity index is 1060. The maximum absolute atomic E-state index is 13.9. The number of nitrogens with two attached hydrogens (primary N) is 1. The second-order valence-corrected chi connectivity index (χ2v) is 8.77. The normalized spacial score (nSPS) is 12.5. The molecule has 1 aromatic heterocycles. The zero-order valence-electron chi connectivity index (χ0n) is 18.7. The van der Waals surface area contributed by atoms with Gasteiger partial charge in [0.15, 0.2) is 0 Å². The number of halogens is 3. The minimum atomic E-state index is -1.16. The van der Waals surface area contributed by atoms with E-state index in [4.69, 9.17) is 22.1 Å². The molecule has 0 aliphatic heterocycles. The highest BCUT2D eigenvalue weighted by Gasteiger charge is 2.23. The van der Waals surface area contributed by atoms with Gasteiger partial charge in [-0.05, 0) is 23.7 Å². The van der Waals surface area contributed by atoms with Gasteiger partial charge in [-0.2, -0.15) is 4.37 Å². The van der Waals surface area contributed by atoms with Crippen molar-refractivity contribution in [2.24, 2.45) is 5.73 Å². The number of nitrogens with zero attached hydrogens (tertiary/aromatic N) is 2. The Hall–Kier alpha value is -3.07. The van der Waals surface area contributed by atoms with Gasteiger partial charge < -0.3 is 30.9 Å². The van der Waals surface area contributed by atoms with Crippen molar-refractivity contribution in [3.8, 4) is 5.88 Å². The molecule has 35 heavy (non-hydrogen) atoms. The highest BCUT2D eigenvalue weighted by molar-refractivity contribution is 7.11. The topological polar surface area (TPSA) is 167 Å². The Morgan fingerprint density at radius 3 is 2.43 bits per heavy atom. The molecular weight excluding hydrogens is 512 g/mol. The maximum Gasteiger partial charge on any atom is 0.320 e. The van der Waals surface area contributed by atoms with Crippen molar-refractivity contribution in [3.05, 3.63) is 39.9 Å². The van der Waals surface area contributed by atoms with Gasteiger partial charge in [-0.3, -0.25) is 14.9 Å². The van der Waals surface area contributed by atoms with Gasteiger partial charge in [-0.1, -0.05) is 11.6 Å². The first-order chi connectivity index (χ1) is 16.4. The molecule has 0 saturated carbocycles. The van der Waals surface area contributed by atoms with Gasteiger partial charge in [-0.25, -0.2) is 13.6 Å². The third kappa shape index (κ3) is 8.28. The van der Waals surface area contributed by atoms with Crippen LogP contribution in [0.2, 0.25) is 5.02 Å². The van der Waals surface area contributed by atoms with Crippen LogP contribution in [0, 0.1) is 11.6 Å². The summed E-state index contributed by atoms with van der Waals surface area (Å²) in [6.07, 6.45) is -2.62. The fourth-order valence-electron chi connectivity index (χ4n) is 2.75. The van der Waals surface area contributed by atoms with E-state index < -0.39 is 48.0 Å². The van der Waals surface area contributed by atoms with E-state index in [-0.39, 0.29) is 46.8 Å². The predicted molar refractivity (Wildman–Crippen MR) is 123 cm³/mol. The van der Waals surface area contributed by atoms with Gasteiger partial charge in [-0.15, -0.1) is 0 Å². The lowest BCUT2D eigenvalue weighted by Crippen LogP contribution is -2.37. The van der Waals surface area contributed by atoms with Crippen LogP contribution in [0.25, 0.3) is 0 Å². The van der Waals surface area contributed by atoms with E-state index >= 15 is 0 Å². The Balaban J connectivity index is 1.95. The molecule has 1 heterocycles. The molecular formula is C20H24ClF2N5O6S. The van der Waals surface area contributed by atoms with Gasteiger partial charge in [0.1, 0.15) is 28.8 Å². The molecule has 2 atom stereocenters. The summed E-state index contributed by atoms with van der Waals surface area (Å²) < 4.78 is 37.0. The molecule has 4 amide bonds. The Kier molecular flexibility index (Phi) is 10.1. The summed E-state index contributed by atoms with van der Waals surface area (Å²) in [5, 5.41) is 24.2. The number of hydrogen-bond acceptors (Lipinski definition) is 8. The zero-order valence-corrected chi connectivity index (χ0v) is 20.3. The van der Waals surface area contributed by atoms with Crippen molar-refractivity contribution in [2.75, 3.05) is 26.0 Å². The average Bonchev–Trinajstić information content (AvgIpc) is 3.13. The third-order valence-corrected chi connectivity index (χ3v) is 5.51. The number of ether oxygens (including phenoxy) is 1. The number of carbonyl (C=O) groups is 3. The van der Waals surface area contributed by atoms with E-state index in [1.54, 1.807) is 0 Å². The summed E-state index contributed by atoms with van der Waals surface area (Å²) in [7, 11) is 3.06. The number of amides is 4. The molecule has 0 aliphatic rings. The number of urea groups is 1. The molecule has 2 rings (SSSR count). The first-order valence-corrected chi connectivity index (χ1v) is 11.2. The third-order valence-electron chi connectivity index (χ3n) is 4.54. The van der Waals surface area contributed by atoms with Crippen molar-refractivity contribution in [1.82, 2.24) is 14.6 Å². The van der Waals surface area contributed by atoms with Crippen LogP contribution in [0.3, 0.4) is 0 Å². The molecule has 15 heteroatoms. The van der Waals surface area contributed by atoms with Crippen LogP contribution in [-0.4, -0.2) is 70.2 Å². The molecule has 2 aromatic rings. The van der Waals surface area contributed by atoms with Crippen LogP contribution in [0.5, 0.6) is 5.88 Å². The number of primary amides is 1. The van der Waals surface area contributed by atoms with Crippen LogP contribution in [0.15, 0.2) is 12.1 Å². The molecule has 0 spiro atoms. The number of anilines is 1. The minimum absolute atomic E-state index is 0.104. The van der Waals surface area contributed by atoms with Crippen molar-refractivity contribution < 1.29 is 38.1 Å². The predicted octanol–water partition coefficient (Wildman–Crippen LogP) is 1.46. The van der Waals surface area contributed by atoms with Crippen LogP contribution >= 0.6 is 23.1 Å². The van der Waals surface area contributed by atoms with Gasteiger partial charge in [0.05, 0.1) is 24.2 Å². The largest absolute Gasteiger partial charge is 0.471 e. The van der Waals surface area contributed by atoms with E-state index in [1.165, 1.54) is 19.0 Å². The van der Waals surface area contributed by atoms with E-state index in [2.05, 4.69) is 15.0 Å². The van der Waals surface area contributed by atoms with Gasteiger partial charge in [0, 0.05) is 32.1 Å². The van der Waals surface area contributed by atoms with Crippen LogP contribution in [0.4, 0.5) is 18.6 Å². The van der Waals surface area contributed by atoms with Crippen molar-refractivity contribution in [2.45, 2.75) is 31.7 Å². The van der Waals surface area contributed by atoms with E-state index in [9.17, 15) is 33.4 Å². The molecule has 0 radical (unpaired) electrons. The van der Waals surface area contributed by atoms with Crippen molar-refractivity contribution in [3.63, 3.8) is 0 Å². The lowest BCUT2D eigenvalue weighted by Gasteiger charge is -2.18. The Morgan fingerprint density at radius 2 is 1.86 bits per heavy atom. The minimum Gasteiger partial charge on any atom is -0.471 e. The van der Waals surface area contributed by atoms with Crippen molar-refractivity contribution in [1.29, 1.82) is 0 Å². The van der Waals surface area contributed by atoms with Gasteiger partial charge >= 0.3 is 6.03 Å². The summed E-state index contributed by atoms with van der Waals surface area (Å²) >= 11 is 6.21. The number of aliphatic hydroxyl groups excluding tert-OH is 2. The smallest absolute Gasteiger partial charge is 0.320 e. The summed E-state index contributed by atoms with van der Waals surface area (Å²) in [4.78, 5) is 36.9. The second kappa shape index (κ2) is 12.6. The van der Waals surface area contributed by atoms with Crippen LogP contribution in [0.1, 0.15) is 28.8 Å². The lowest BCUT2D eigenvalue weighted by atomic mass is 10.1. The Morgan fingerprint density at radius 1 is 1.23 bits per heavy atom. The van der Waals surface area contributed by atoms with Crippen LogP contribution in [-0.2, 0) is 11.4 Å². The molecule has 11 nitrogen and oxygen atoms in total. The molecule has 192 valence electrons. The molecule has 6 N–H and O–H groups in total. The van der Waals surface area contributed by atoms with Crippen molar-refractivity contribution >= 4 is 46.0 Å². The number of hydrogen-bond donors (Lipinski definition) is 5.